The molecule has 0 heterocycles. The highest BCUT2D eigenvalue weighted by molar-refractivity contribution is 7.89. The molecule has 0 fully saturated rings. The molecule has 0 unspecified atom stereocenters. The minimum absolute atomic E-state index is 0.0397. The lowest BCUT2D eigenvalue weighted by molar-refractivity contribution is 0.198. The zero-order valence-corrected chi connectivity index (χ0v) is 10.6. The monoisotopic (exact) mass is 274 g/mol. The number of rotatable bonds is 4. The van der Waals surface area contributed by atoms with E-state index in [0.29, 0.717) is 0 Å². The summed E-state index contributed by atoms with van der Waals surface area (Å²) >= 11 is 5.73. The first-order valence-corrected chi connectivity index (χ1v) is 6.60. The summed E-state index contributed by atoms with van der Waals surface area (Å²) < 4.78 is 25.7. The second kappa shape index (κ2) is 5.47. The van der Waals surface area contributed by atoms with E-state index in [0.717, 1.165) is 0 Å². The van der Waals surface area contributed by atoms with Gasteiger partial charge >= 0.3 is 0 Å². The van der Waals surface area contributed by atoms with E-state index in [1.54, 1.807) is 0 Å². The van der Waals surface area contributed by atoms with Crippen molar-refractivity contribution in [1.82, 2.24) is 4.72 Å². The van der Waals surface area contributed by atoms with Gasteiger partial charge in [-0.25, -0.2) is 13.1 Å². The topological polar surface area (TPSA) is 90.2 Å². The third-order valence-electron chi connectivity index (χ3n) is 1.94. The lowest BCUT2D eigenvalue weighted by Gasteiger charge is -2.08. The van der Waals surface area contributed by atoms with Crippen molar-refractivity contribution in [2.45, 2.75) is 17.9 Å². The van der Waals surface area contributed by atoms with E-state index >= 15 is 0 Å². The fourth-order valence-electron chi connectivity index (χ4n) is 1.07. The standard InChI is InChI=1S/C10H11ClN2O3S/c1-7(14)6-13-17(15,16)9-3-2-8(5-12)10(11)4-9/h2-4,7,13-14H,6H2,1H3/t7-/m1/s1. The van der Waals surface area contributed by atoms with Gasteiger partial charge in [-0.3, -0.25) is 0 Å². The number of hydrogen-bond donors (Lipinski definition) is 2. The number of benzene rings is 1. The molecule has 0 amide bonds. The Labute approximate surface area is 105 Å². The molecule has 0 aliphatic rings. The maximum Gasteiger partial charge on any atom is 0.240 e. The van der Waals surface area contributed by atoms with Crippen LogP contribution in [0.3, 0.4) is 0 Å². The third-order valence-corrected chi connectivity index (χ3v) is 3.67. The minimum Gasteiger partial charge on any atom is -0.392 e. The van der Waals surface area contributed by atoms with Crippen LogP contribution in [0.1, 0.15) is 12.5 Å². The highest BCUT2D eigenvalue weighted by Crippen LogP contribution is 2.19. The molecular formula is C10H11ClN2O3S. The molecular weight excluding hydrogens is 264 g/mol. The summed E-state index contributed by atoms with van der Waals surface area (Å²) in [4.78, 5) is -0.0397. The Morgan fingerprint density at radius 1 is 1.59 bits per heavy atom. The number of nitriles is 1. The first kappa shape index (κ1) is 13.9. The molecule has 0 saturated carbocycles. The van der Waals surface area contributed by atoms with Crippen LogP contribution >= 0.6 is 11.6 Å². The van der Waals surface area contributed by atoms with Gasteiger partial charge in [-0.1, -0.05) is 11.6 Å². The number of hydrogen-bond acceptors (Lipinski definition) is 4. The number of sulfonamides is 1. The van der Waals surface area contributed by atoms with Crippen LogP contribution < -0.4 is 4.72 Å². The number of aliphatic hydroxyl groups is 1. The van der Waals surface area contributed by atoms with Crippen molar-refractivity contribution in [1.29, 1.82) is 5.26 Å². The molecule has 0 spiro atoms. The molecule has 92 valence electrons. The third kappa shape index (κ3) is 3.68. The molecule has 1 rings (SSSR count). The van der Waals surface area contributed by atoms with Crippen LogP contribution in [-0.4, -0.2) is 26.2 Å². The summed E-state index contributed by atoms with van der Waals surface area (Å²) in [6, 6.07) is 5.65. The van der Waals surface area contributed by atoms with Gasteiger partial charge in [-0.15, -0.1) is 0 Å². The summed E-state index contributed by atoms with van der Waals surface area (Å²) in [5, 5.41) is 17.7. The number of nitrogens with zero attached hydrogens (tertiary/aromatic N) is 1. The van der Waals surface area contributed by atoms with Crippen molar-refractivity contribution < 1.29 is 13.5 Å². The first-order valence-electron chi connectivity index (χ1n) is 4.74. The Balaban J connectivity index is 3.01. The maximum absolute atomic E-state index is 11.7. The fourth-order valence-corrected chi connectivity index (χ4v) is 2.50. The van der Waals surface area contributed by atoms with Gasteiger partial charge in [0.25, 0.3) is 0 Å². The lowest BCUT2D eigenvalue weighted by Crippen LogP contribution is -2.30. The molecule has 7 heteroatoms. The fraction of sp³-hybridized carbons (Fsp3) is 0.300. The highest BCUT2D eigenvalue weighted by atomic mass is 35.5. The smallest absolute Gasteiger partial charge is 0.240 e. The average molecular weight is 275 g/mol. The molecule has 1 aromatic rings. The molecule has 1 aromatic carbocycles. The quantitative estimate of drug-likeness (QED) is 0.852. The minimum atomic E-state index is -3.71. The molecule has 0 bridgehead atoms. The molecule has 0 radical (unpaired) electrons. The van der Waals surface area contributed by atoms with E-state index in [1.165, 1.54) is 25.1 Å². The van der Waals surface area contributed by atoms with Crippen LogP contribution in [0.5, 0.6) is 0 Å². The van der Waals surface area contributed by atoms with Gasteiger partial charge in [0.2, 0.25) is 10.0 Å². The number of nitrogens with one attached hydrogen (secondary N) is 1. The van der Waals surface area contributed by atoms with Crippen LogP contribution in [0.15, 0.2) is 23.1 Å². The molecule has 0 saturated heterocycles. The zero-order valence-electron chi connectivity index (χ0n) is 9.01. The van der Waals surface area contributed by atoms with Gasteiger partial charge in [0, 0.05) is 6.54 Å². The van der Waals surface area contributed by atoms with E-state index < -0.39 is 16.1 Å². The second-order valence-corrected chi connectivity index (χ2v) is 5.63. The summed E-state index contributed by atoms with van der Waals surface area (Å²) in [5.41, 5.74) is 0.209. The summed E-state index contributed by atoms with van der Waals surface area (Å²) in [5.74, 6) is 0. The molecule has 0 aliphatic carbocycles. The van der Waals surface area contributed by atoms with E-state index in [2.05, 4.69) is 4.72 Å². The van der Waals surface area contributed by atoms with Crippen molar-refractivity contribution in [3.63, 3.8) is 0 Å². The Bertz CT molecular complexity index is 549. The predicted molar refractivity (Wildman–Crippen MR) is 63.0 cm³/mol. The normalized spacial score (nSPS) is 13.1. The second-order valence-electron chi connectivity index (χ2n) is 3.45. The van der Waals surface area contributed by atoms with Gasteiger partial charge in [0.15, 0.2) is 0 Å². The van der Waals surface area contributed by atoms with Gasteiger partial charge in [0.1, 0.15) is 6.07 Å². The first-order chi connectivity index (χ1) is 7.86. The van der Waals surface area contributed by atoms with Crippen molar-refractivity contribution in [2.75, 3.05) is 6.54 Å². The molecule has 1 atom stereocenters. The SMILES string of the molecule is C[C@@H](O)CNS(=O)(=O)c1ccc(C#N)c(Cl)c1. The largest absolute Gasteiger partial charge is 0.392 e. The summed E-state index contributed by atoms with van der Waals surface area (Å²) in [7, 11) is -3.71. The Hall–Kier alpha value is -1.13. The average Bonchev–Trinajstić information content (AvgIpc) is 2.26. The number of halogens is 1. The Kier molecular flexibility index (Phi) is 4.48. The van der Waals surface area contributed by atoms with Crippen LogP contribution in [0.2, 0.25) is 5.02 Å². The zero-order chi connectivity index (χ0) is 13.1. The summed E-state index contributed by atoms with van der Waals surface area (Å²) in [6.07, 6.45) is -0.779. The van der Waals surface area contributed by atoms with Crippen LogP contribution in [0.25, 0.3) is 0 Å². The highest BCUT2D eigenvalue weighted by Gasteiger charge is 2.15. The molecule has 17 heavy (non-hydrogen) atoms. The van der Waals surface area contributed by atoms with E-state index in [1.807, 2.05) is 6.07 Å². The summed E-state index contributed by atoms with van der Waals surface area (Å²) in [6.45, 7) is 1.38. The van der Waals surface area contributed by atoms with E-state index in [4.69, 9.17) is 22.0 Å². The van der Waals surface area contributed by atoms with Gasteiger partial charge in [-0.2, -0.15) is 5.26 Å². The van der Waals surface area contributed by atoms with Gasteiger partial charge < -0.3 is 5.11 Å². The van der Waals surface area contributed by atoms with Gasteiger partial charge in [-0.05, 0) is 25.1 Å². The van der Waals surface area contributed by atoms with E-state index in [9.17, 15) is 8.42 Å². The van der Waals surface area contributed by atoms with E-state index in [-0.39, 0.29) is 22.0 Å². The molecule has 0 aliphatic heterocycles. The molecule has 5 nitrogen and oxygen atoms in total. The number of aliphatic hydroxyl groups excluding tert-OH is 1. The van der Waals surface area contributed by atoms with Crippen molar-refractivity contribution in [3.05, 3.63) is 28.8 Å². The lowest BCUT2D eigenvalue weighted by atomic mass is 10.2. The Morgan fingerprint density at radius 3 is 2.71 bits per heavy atom. The van der Waals surface area contributed by atoms with Crippen molar-refractivity contribution in [2.24, 2.45) is 0 Å². The maximum atomic E-state index is 11.7. The van der Waals surface area contributed by atoms with Crippen molar-refractivity contribution in [3.8, 4) is 6.07 Å². The molecule has 2 N–H and O–H groups in total. The van der Waals surface area contributed by atoms with Gasteiger partial charge in [0.05, 0.1) is 21.6 Å². The van der Waals surface area contributed by atoms with Crippen LogP contribution in [0, 0.1) is 11.3 Å². The van der Waals surface area contributed by atoms with Crippen LogP contribution in [-0.2, 0) is 10.0 Å². The predicted octanol–water partition coefficient (Wildman–Crippen LogP) is 0.871. The van der Waals surface area contributed by atoms with Crippen molar-refractivity contribution >= 4 is 21.6 Å². The molecule has 0 aromatic heterocycles. The Morgan fingerprint density at radius 2 is 2.24 bits per heavy atom. The van der Waals surface area contributed by atoms with Crippen LogP contribution in [0.4, 0.5) is 0 Å².